The van der Waals surface area contributed by atoms with Crippen LogP contribution >= 0.6 is 0 Å². The lowest BCUT2D eigenvalue weighted by Gasteiger charge is -2.19. The highest BCUT2D eigenvalue weighted by molar-refractivity contribution is 5.91. The van der Waals surface area contributed by atoms with Gasteiger partial charge in [0.2, 0.25) is 17.7 Å². The van der Waals surface area contributed by atoms with Gasteiger partial charge in [0, 0.05) is 19.8 Å². The normalized spacial score (nSPS) is 13.0. The second-order valence-corrected chi connectivity index (χ2v) is 20.1. The molecule has 0 fully saturated rings. The molecule has 0 rings (SSSR count). The molecular formula is C54H98N4O12. The number of rotatable bonds is 40. The Labute approximate surface area is 422 Å². The van der Waals surface area contributed by atoms with Crippen LogP contribution in [0.5, 0.6) is 0 Å². The summed E-state index contributed by atoms with van der Waals surface area (Å²) in [7, 11) is 1.77. The van der Waals surface area contributed by atoms with Crippen molar-refractivity contribution in [1.29, 1.82) is 0 Å². The topological polar surface area (TPSA) is 222 Å². The zero-order valence-electron chi connectivity index (χ0n) is 45.6. The third-order valence-electron chi connectivity index (χ3n) is 10.9. The molecule has 0 heterocycles. The van der Waals surface area contributed by atoms with Gasteiger partial charge in [-0.1, -0.05) is 87.1 Å². The van der Waals surface area contributed by atoms with Crippen LogP contribution in [-0.2, 0) is 57.3 Å². The van der Waals surface area contributed by atoms with Gasteiger partial charge in [-0.3, -0.25) is 19.2 Å². The second kappa shape index (κ2) is 43.4. The van der Waals surface area contributed by atoms with Crippen molar-refractivity contribution < 1.29 is 57.3 Å². The Morgan fingerprint density at radius 3 is 1.07 bits per heavy atom. The van der Waals surface area contributed by atoms with Crippen molar-refractivity contribution in [2.75, 3.05) is 33.5 Å². The molecule has 0 aliphatic carbocycles. The average molecular weight is 995 g/mol. The van der Waals surface area contributed by atoms with Crippen LogP contribution in [-0.4, -0.2) is 105 Å². The zero-order chi connectivity index (χ0) is 53.3. The highest BCUT2D eigenvalue weighted by Crippen LogP contribution is 2.13. The maximum atomic E-state index is 12.7. The van der Waals surface area contributed by atoms with Gasteiger partial charge in [-0.05, 0) is 141 Å². The number of ketones is 1. The first kappa shape index (κ1) is 67.7. The van der Waals surface area contributed by atoms with E-state index >= 15 is 0 Å². The smallest absolute Gasteiger partial charge is 0.328 e. The largest absolute Gasteiger partial charge is 0.465 e. The molecule has 4 N–H and O–H groups in total. The lowest BCUT2D eigenvalue weighted by molar-refractivity contribution is -0.149. The minimum absolute atomic E-state index is 0.124. The van der Waals surface area contributed by atoms with Gasteiger partial charge >= 0.3 is 23.9 Å². The van der Waals surface area contributed by atoms with E-state index in [2.05, 4.69) is 35.1 Å². The van der Waals surface area contributed by atoms with Crippen LogP contribution in [0.1, 0.15) is 205 Å². The Balaban J connectivity index is 0. The van der Waals surface area contributed by atoms with Crippen molar-refractivity contribution in [3.8, 4) is 0 Å². The van der Waals surface area contributed by atoms with Crippen LogP contribution in [0.4, 0.5) is 0 Å². The number of allylic oxidation sites excluding steroid dienone is 1. The molecule has 16 heteroatoms. The van der Waals surface area contributed by atoms with Crippen LogP contribution < -0.4 is 21.3 Å². The Hall–Kier alpha value is -4.34. The minimum atomic E-state index is -0.665. The Morgan fingerprint density at radius 1 is 0.414 bits per heavy atom. The van der Waals surface area contributed by atoms with Crippen molar-refractivity contribution in [3.63, 3.8) is 0 Å². The van der Waals surface area contributed by atoms with Gasteiger partial charge in [0.1, 0.15) is 30.0 Å². The fraction of sp³-hybridized carbons (Fsp3) is 0.815. The first-order valence-electron chi connectivity index (χ1n) is 26.5. The first-order valence-corrected chi connectivity index (χ1v) is 26.5. The Kier molecular flexibility index (Phi) is 42.0. The van der Waals surface area contributed by atoms with Crippen molar-refractivity contribution >= 4 is 47.4 Å². The summed E-state index contributed by atoms with van der Waals surface area (Å²) in [5, 5.41) is 11.2. The molecule has 0 saturated heterocycles. The lowest BCUT2D eigenvalue weighted by Crippen LogP contribution is -2.42. The molecule has 16 nitrogen and oxygen atoms in total. The maximum absolute atomic E-state index is 12.7. The van der Waals surface area contributed by atoms with Crippen LogP contribution in [0.15, 0.2) is 12.2 Å². The molecule has 3 amide bonds. The number of carbonyl (C=O) groups excluding carboxylic acids is 8. The number of esters is 4. The molecule has 70 heavy (non-hydrogen) atoms. The summed E-state index contributed by atoms with van der Waals surface area (Å²) < 4.78 is 21.5. The highest BCUT2D eigenvalue weighted by atomic mass is 16.5. The molecule has 0 aromatic heterocycles. The molecule has 0 spiro atoms. The van der Waals surface area contributed by atoms with Gasteiger partial charge in [0.25, 0.3) is 0 Å². The molecule has 0 aliphatic heterocycles. The number of unbranched alkanes of at least 4 members (excludes halogenated alkanes) is 11. The standard InChI is InChI=1S/C33H58N2O7.C21H40N2O5/c1-7-18-30(37)34-28(23-25(2)3)32(39)41-21-16-12-13-17-22-42-33(40)29(24-26(4)5)35-31(38)20-15-11-9-8-10-14-19-27(6)36;1-15(2)13-18(22-6)20(25)27-11-9-7-8-10-12-28-21(26)19(14-16(3)4)23-17(5)24/h7,18,25-26,28-29H,8-17,19-24H2,1-6H3,(H,34,37)(H,35,38);15-16,18-19,22H,7-14H2,1-6H3,(H,23,24)/b18-7+;. The Bertz CT molecular complexity index is 1500. The summed E-state index contributed by atoms with van der Waals surface area (Å²) in [6.45, 7) is 22.2. The number of likely N-dealkylation sites (N-methyl/N-ethyl adjacent to an activating group) is 1. The average Bonchev–Trinajstić information content (AvgIpc) is 3.26. The minimum Gasteiger partial charge on any atom is -0.465 e. The molecule has 4 unspecified atom stereocenters. The van der Waals surface area contributed by atoms with E-state index in [-0.39, 0.29) is 72.5 Å². The summed E-state index contributed by atoms with van der Waals surface area (Å²) >= 11 is 0. The van der Waals surface area contributed by atoms with Crippen LogP contribution in [0.2, 0.25) is 0 Å². The third-order valence-corrected chi connectivity index (χ3v) is 10.9. The number of amides is 3. The van der Waals surface area contributed by atoms with Gasteiger partial charge in [-0.2, -0.15) is 0 Å². The first-order chi connectivity index (χ1) is 33.1. The predicted molar refractivity (Wildman–Crippen MR) is 275 cm³/mol. The van der Waals surface area contributed by atoms with E-state index in [1.54, 1.807) is 27.0 Å². The molecule has 0 bridgehead atoms. The van der Waals surface area contributed by atoms with E-state index in [0.717, 1.165) is 83.5 Å². The van der Waals surface area contributed by atoms with Crippen molar-refractivity contribution in [1.82, 2.24) is 21.3 Å². The van der Waals surface area contributed by atoms with Gasteiger partial charge in [0.05, 0.1) is 26.4 Å². The van der Waals surface area contributed by atoms with E-state index in [9.17, 15) is 38.4 Å². The van der Waals surface area contributed by atoms with E-state index < -0.39 is 30.1 Å². The second-order valence-electron chi connectivity index (χ2n) is 20.1. The zero-order valence-corrected chi connectivity index (χ0v) is 45.6. The van der Waals surface area contributed by atoms with Crippen molar-refractivity contribution in [2.24, 2.45) is 23.7 Å². The quantitative estimate of drug-likeness (QED) is 0.0195. The van der Waals surface area contributed by atoms with Crippen LogP contribution in [0, 0.1) is 23.7 Å². The van der Waals surface area contributed by atoms with Gasteiger partial charge in [-0.15, -0.1) is 0 Å². The fourth-order valence-corrected chi connectivity index (χ4v) is 7.32. The van der Waals surface area contributed by atoms with Crippen molar-refractivity contribution in [3.05, 3.63) is 12.2 Å². The van der Waals surface area contributed by atoms with E-state index in [1.807, 2.05) is 41.5 Å². The summed E-state index contributed by atoms with van der Waals surface area (Å²) in [5.74, 6) is -0.637. The van der Waals surface area contributed by atoms with E-state index in [1.165, 1.54) is 13.0 Å². The summed E-state index contributed by atoms with van der Waals surface area (Å²) in [6, 6.07) is -2.14. The van der Waals surface area contributed by atoms with Crippen LogP contribution in [0.3, 0.4) is 0 Å². The molecule has 0 aromatic carbocycles. The summed E-state index contributed by atoms with van der Waals surface area (Å²) in [6.07, 6.45) is 18.5. The number of hydrogen-bond donors (Lipinski definition) is 4. The molecule has 406 valence electrons. The van der Waals surface area contributed by atoms with Gasteiger partial charge < -0.3 is 45.0 Å². The number of hydrogen-bond acceptors (Lipinski definition) is 13. The third kappa shape index (κ3) is 41.4. The monoisotopic (exact) mass is 995 g/mol. The number of Topliss-reactive ketones (excluding diaryl/α,β-unsaturated/α-hetero) is 1. The van der Waals surface area contributed by atoms with E-state index in [4.69, 9.17) is 18.9 Å². The molecule has 0 radical (unpaired) electrons. The number of ether oxygens (including phenoxy) is 4. The maximum Gasteiger partial charge on any atom is 0.328 e. The number of carbonyl (C=O) groups is 8. The van der Waals surface area contributed by atoms with Gasteiger partial charge in [-0.25, -0.2) is 14.4 Å². The van der Waals surface area contributed by atoms with Crippen molar-refractivity contribution in [2.45, 2.75) is 229 Å². The highest BCUT2D eigenvalue weighted by Gasteiger charge is 2.25. The SMILES string of the molecule is C/C=C/C(=O)NC(CC(C)C)C(=O)OCCCCCCOC(=O)C(CC(C)C)NC(=O)CCCCCCCCC(C)=O.CNC(CC(C)C)C(=O)OCCCCCCOC(=O)C(CC(C)C)NC(C)=O. The predicted octanol–water partition coefficient (Wildman–Crippen LogP) is 8.80. The number of nitrogens with one attached hydrogen (secondary N) is 4. The van der Waals surface area contributed by atoms with Crippen LogP contribution in [0.25, 0.3) is 0 Å². The molecule has 0 aromatic rings. The Morgan fingerprint density at radius 2 is 0.729 bits per heavy atom. The fourth-order valence-electron chi connectivity index (χ4n) is 7.32. The summed E-state index contributed by atoms with van der Waals surface area (Å²) in [5.41, 5.74) is 0. The van der Waals surface area contributed by atoms with E-state index in [0.29, 0.717) is 64.1 Å². The molecule has 0 saturated carbocycles. The van der Waals surface area contributed by atoms with Gasteiger partial charge in [0.15, 0.2) is 0 Å². The molecule has 4 atom stereocenters. The summed E-state index contributed by atoms with van der Waals surface area (Å²) in [4.78, 5) is 95.6. The lowest BCUT2D eigenvalue weighted by atomic mass is 10.0. The molecular weight excluding hydrogens is 897 g/mol. The molecule has 0 aliphatic rings.